The summed E-state index contributed by atoms with van der Waals surface area (Å²) in [5.74, 6) is 1.97. The third kappa shape index (κ3) is 3.81. The summed E-state index contributed by atoms with van der Waals surface area (Å²) < 4.78 is 6.88. The Morgan fingerprint density at radius 2 is 2.00 bits per heavy atom. The van der Waals surface area contributed by atoms with E-state index in [-0.39, 0.29) is 0 Å². The van der Waals surface area contributed by atoms with Crippen LogP contribution in [0.5, 0.6) is 5.75 Å². The van der Waals surface area contributed by atoms with Gasteiger partial charge in [0.2, 0.25) is 0 Å². The highest BCUT2D eigenvalue weighted by Gasteiger charge is 2.23. The first-order valence-electron chi connectivity index (χ1n) is 8.09. The summed E-state index contributed by atoms with van der Waals surface area (Å²) >= 11 is 3.69. The van der Waals surface area contributed by atoms with E-state index in [1.165, 1.54) is 59.7 Å². The van der Waals surface area contributed by atoms with Crippen molar-refractivity contribution in [3.05, 3.63) is 27.2 Å². The molecule has 1 N–H and O–H groups in total. The summed E-state index contributed by atoms with van der Waals surface area (Å²) in [7, 11) is 3.84. The van der Waals surface area contributed by atoms with Crippen LogP contribution in [-0.2, 0) is 0 Å². The highest BCUT2D eigenvalue weighted by molar-refractivity contribution is 9.10. The molecule has 1 aromatic carbocycles. The Balaban J connectivity index is 2.23. The van der Waals surface area contributed by atoms with E-state index in [4.69, 9.17) is 4.74 Å². The van der Waals surface area contributed by atoms with Gasteiger partial charge in [0.1, 0.15) is 5.75 Å². The van der Waals surface area contributed by atoms with E-state index in [0.29, 0.717) is 6.04 Å². The molecule has 2 nitrogen and oxygen atoms in total. The van der Waals surface area contributed by atoms with Gasteiger partial charge in [0.15, 0.2) is 0 Å². The summed E-state index contributed by atoms with van der Waals surface area (Å²) in [6, 6.07) is 2.53. The maximum Gasteiger partial charge on any atom is 0.126 e. The molecular weight excluding hydrogens is 326 g/mol. The first kappa shape index (κ1) is 16.8. The first-order chi connectivity index (χ1) is 10.1. The van der Waals surface area contributed by atoms with Gasteiger partial charge in [-0.05, 0) is 56.8 Å². The Morgan fingerprint density at radius 1 is 1.33 bits per heavy atom. The standard InChI is InChI=1S/C18H28BrNO/c1-12-11-15(19)13(2)17(18(12)21-4)16(20-3)10-9-14-7-5-6-8-14/h11,14,16,20H,5-10H2,1-4H3. The summed E-state index contributed by atoms with van der Waals surface area (Å²) in [6.07, 6.45) is 8.20. The lowest BCUT2D eigenvalue weighted by atomic mass is 9.91. The highest BCUT2D eigenvalue weighted by Crippen LogP contribution is 2.39. The van der Waals surface area contributed by atoms with Gasteiger partial charge in [-0.15, -0.1) is 0 Å². The number of hydrogen-bond acceptors (Lipinski definition) is 2. The second-order valence-corrected chi connectivity index (χ2v) is 7.17. The van der Waals surface area contributed by atoms with Gasteiger partial charge in [-0.1, -0.05) is 41.6 Å². The molecule has 0 bridgehead atoms. The van der Waals surface area contributed by atoms with Crippen molar-refractivity contribution in [1.29, 1.82) is 0 Å². The second kappa shape index (κ2) is 7.64. The minimum Gasteiger partial charge on any atom is -0.496 e. The van der Waals surface area contributed by atoms with Crippen molar-refractivity contribution in [3.63, 3.8) is 0 Å². The minimum atomic E-state index is 0.372. The Morgan fingerprint density at radius 3 is 2.57 bits per heavy atom. The minimum absolute atomic E-state index is 0.372. The van der Waals surface area contributed by atoms with Gasteiger partial charge in [0.25, 0.3) is 0 Å². The summed E-state index contributed by atoms with van der Waals surface area (Å²) in [4.78, 5) is 0. The predicted octanol–water partition coefficient (Wildman–Crippen LogP) is 5.31. The van der Waals surface area contributed by atoms with Crippen LogP contribution in [0.2, 0.25) is 0 Å². The van der Waals surface area contributed by atoms with E-state index >= 15 is 0 Å². The van der Waals surface area contributed by atoms with Gasteiger partial charge in [-0.25, -0.2) is 0 Å². The van der Waals surface area contributed by atoms with Crippen LogP contribution < -0.4 is 10.1 Å². The van der Waals surface area contributed by atoms with Crippen molar-refractivity contribution in [3.8, 4) is 5.75 Å². The van der Waals surface area contributed by atoms with Crippen molar-refractivity contribution in [2.24, 2.45) is 5.92 Å². The van der Waals surface area contributed by atoms with Crippen LogP contribution in [0, 0.1) is 19.8 Å². The van der Waals surface area contributed by atoms with E-state index in [2.05, 4.69) is 48.2 Å². The molecule has 1 aliphatic carbocycles. The molecule has 0 aromatic heterocycles. The fraction of sp³-hybridized carbons (Fsp3) is 0.667. The molecule has 0 aliphatic heterocycles. The Bertz CT molecular complexity index is 481. The van der Waals surface area contributed by atoms with Gasteiger partial charge in [-0.3, -0.25) is 0 Å². The van der Waals surface area contributed by atoms with Crippen LogP contribution >= 0.6 is 15.9 Å². The summed E-state index contributed by atoms with van der Waals surface area (Å²) in [5, 5.41) is 3.51. The zero-order valence-electron chi connectivity index (χ0n) is 13.8. The van der Waals surface area contributed by atoms with E-state index in [1.54, 1.807) is 7.11 Å². The Labute approximate surface area is 137 Å². The van der Waals surface area contributed by atoms with E-state index in [0.717, 1.165) is 11.7 Å². The lowest BCUT2D eigenvalue weighted by molar-refractivity contribution is 0.382. The average molecular weight is 354 g/mol. The molecule has 1 unspecified atom stereocenters. The maximum absolute atomic E-state index is 5.71. The molecule has 1 saturated carbocycles. The van der Waals surface area contributed by atoms with Crippen LogP contribution in [0.15, 0.2) is 10.5 Å². The number of methoxy groups -OCH3 is 1. The average Bonchev–Trinajstić information content (AvgIpc) is 2.97. The zero-order valence-corrected chi connectivity index (χ0v) is 15.3. The number of aryl methyl sites for hydroxylation is 1. The molecule has 1 atom stereocenters. The summed E-state index contributed by atoms with van der Waals surface area (Å²) in [6.45, 7) is 4.30. The molecule has 118 valence electrons. The lowest BCUT2D eigenvalue weighted by Gasteiger charge is -2.25. The van der Waals surface area contributed by atoms with Crippen LogP contribution in [-0.4, -0.2) is 14.2 Å². The quantitative estimate of drug-likeness (QED) is 0.748. The van der Waals surface area contributed by atoms with Gasteiger partial charge in [0.05, 0.1) is 7.11 Å². The Hall–Kier alpha value is -0.540. The largest absolute Gasteiger partial charge is 0.496 e. The van der Waals surface area contributed by atoms with Crippen molar-refractivity contribution in [2.45, 2.75) is 58.4 Å². The molecule has 21 heavy (non-hydrogen) atoms. The van der Waals surface area contributed by atoms with Crippen LogP contribution in [0.1, 0.15) is 61.3 Å². The van der Waals surface area contributed by atoms with Gasteiger partial charge < -0.3 is 10.1 Å². The molecule has 1 aromatic rings. The van der Waals surface area contributed by atoms with Gasteiger partial charge in [0, 0.05) is 16.1 Å². The fourth-order valence-electron chi connectivity index (χ4n) is 3.70. The van der Waals surface area contributed by atoms with E-state index < -0.39 is 0 Å². The normalized spacial score (nSPS) is 17.2. The predicted molar refractivity (Wildman–Crippen MR) is 93.2 cm³/mol. The van der Waals surface area contributed by atoms with E-state index in [1.807, 2.05) is 0 Å². The Kier molecular flexibility index (Phi) is 6.12. The monoisotopic (exact) mass is 353 g/mol. The number of rotatable bonds is 6. The van der Waals surface area contributed by atoms with E-state index in [9.17, 15) is 0 Å². The third-order valence-corrected chi connectivity index (χ3v) is 5.77. The number of ether oxygens (including phenoxy) is 1. The van der Waals surface area contributed by atoms with Crippen LogP contribution in [0.3, 0.4) is 0 Å². The summed E-state index contributed by atoms with van der Waals surface area (Å²) in [5.41, 5.74) is 3.82. The zero-order chi connectivity index (χ0) is 15.4. The molecule has 1 fully saturated rings. The van der Waals surface area contributed by atoms with Gasteiger partial charge in [-0.2, -0.15) is 0 Å². The van der Waals surface area contributed by atoms with Crippen molar-refractivity contribution >= 4 is 15.9 Å². The molecule has 0 amide bonds. The molecule has 3 heteroatoms. The smallest absolute Gasteiger partial charge is 0.126 e. The number of halogens is 1. The third-order valence-electron chi connectivity index (χ3n) is 4.95. The van der Waals surface area contributed by atoms with Crippen molar-refractivity contribution < 1.29 is 4.74 Å². The maximum atomic E-state index is 5.71. The molecule has 1 aliphatic rings. The molecular formula is C18H28BrNO. The highest BCUT2D eigenvalue weighted by atomic mass is 79.9. The SMILES string of the molecule is CNC(CCC1CCCC1)c1c(C)c(Br)cc(C)c1OC. The fourth-order valence-corrected chi connectivity index (χ4v) is 4.26. The number of benzene rings is 1. The molecule has 0 saturated heterocycles. The first-order valence-corrected chi connectivity index (χ1v) is 8.88. The topological polar surface area (TPSA) is 21.3 Å². The van der Waals surface area contributed by atoms with Crippen molar-refractivity contribution in [1.82, 2.24) is 5.32 Å². The second-order valence-electron chi connectivity index (χ2n) is 6.32. The number of hydrogen-bond donors (Lipinski definition) is 1. The van der Waals surface area contributed by atoms with Crippen LogP contribution in [0.25, 0.3) is 0 Å². The molecule has 2 rings (SSSR count). The molecule has 0 heterocycles. The van der Waals surface area contributed by atoms with Crippen molar-refractivity contribution in [2.75, 3.05) is 14.2 Å². The lowest BCUT2D eigenvalue weighted by Crippen LogP contribution is -2.20. The number of nitrogens with one attached hydrogen (secondary N) is 1. The molecule has 0 spiro atoms. The van der Waals surface area contributed by atoms with Crippen LogP contribution in [0.4, 0.5) is 0 Å². The molecule has 0 radical (unpaired) electrons. The van der Waals surface area contributed by atoms with Gasteiger partial charge >= 0.3 is 0 Å².